The van der Waals surface area contributed by atoms with Crippen LogP contribution in [0.3, 0.4) is 0 Å². The molecule has 0 radical (unpaired) electrons. The standard InChI is InChI=1S/C15H20ClNO/c1-9(2)17-6-5-12-8-18-13-7-10(3)15(16)11(4)14(12)13/h7-9,17H,5-6H2,1-4H3. The number of rotatable bonds is 4. The van der Waals surface area contributed by atoms with Crippen LogP contribution in [0.2, 0.25) is 5.02 Å². The van der Waals surface area contributed by atoms with Crippen LogP contribution in [0.4, 0.5) is 0 Å². The number of nitrogens with one attached hydrogen (secondary N) is 1. The van der Waals surface area contributed by atoms with Gasteiger partial charge in [-0.25, -0.2) is 0 Å². The third-order valence-corrected chi connectivity index (χ3v) is 3.82. The van der Waals surface area contributed by atoms with Crippen molar-refractivity contribution in [2.45, 2.75) is 40.2 Å². The van der Waals surface area contributed by atoms with Crippen LogP contribution in [0.25, 0.3) is 11.0 Å². The predicted octanol–water partition coefficient (Wildman–Crippen LogP) is 4.24. The van der Waals surface area contributed by atoms with Crippen molar-refractivity contribution in [2.75, 3.05) is 6.54 Å². The largest absolute Gasteiger partial charge is 0.464 e. The molecule has 0 saturated carbocycles. The molecule has 2 nitrogen and oxygen atoms in total. The first kappa shape index (κ1) is 13.4. The quantitative estimate of drug-likeness (QED) is 0.894. The van der Waals surface area contributed by atoms with Crippen molar-refractivity contribution in [2.24, 2.45) is 0 Å². The van der Waals surface area contributed by atoms with Gasteiger partial charge in [-0.2, -0.15) is 0 Å². The number of aryl methyl sites for hydroxylation is 2. The second kappa shape index (κ2) is 5.33. The molecule has 0 atom stereocenters. The number of halogens is 1. The van der Waals surface area contributed by atoms with E-state index in [-0.39, 0.29) is 0 Å². The monoisotopic (exact) mass is 265 g/mol. The second-order valence-corrected chi connectivity index (χ2v) is 5.50. The lowest BCUT2D eigenvalue weighted by atomic mass is 10.0. The fourth-order valence-corrected chi connectivity index (χ4v) is 2.44. The van der Waals surface area contributed by atoms with E-state index < -0.39 is 0 Å². The Morgan fingerprint density at radius 1 is 1.33 bits per heavy atom. The summed E-state index contributed by atoms with van der Waals surface area (Å²) in [4.78, 5) is 0. The van der Waals surface area contributed by atoms with Crippen molar-refractivity contribution in [1.29, 1.82) is 0 Å². The summed E-state index contributed by atoms with van der Waals surface area (Å²) in [5.41, 5.74) is 4.37. The van der Waals surface area contributed by atoms with Crippen molar-refractivity contribution in [3.63, 3.8) is 0 Å². The molecule has 2 aromatic rings. The molecule has 18 heavy (non-hydrogen) atoms. The van der Waals surface area contributed by atoms with E-state index in [1.807, 2.05) is 19.3 Å². The Balaban J connectivity index is 2.32. The van der Waals surface area contributed by atoms with Gasteiger partial charge in [0.1, 0.15) is 5.58 Å². The Morgan fingerprint density at radius 2 is 2.06 bits per heavy atom. The van der Waals surface area contributed by atoms with Crippen molar-refractivity contribution in [1.82, 2.24) is 5.32 Å². The molecule has 0 saturated heterocycles. The predicted molar refractivity (Wildman–Crippen MR) is 77.5 cm³/mol. The van der Waals surface area contributed by atoms with Crippen LogP contribution in [-0.4, -0.2) is 12.6 Å². The van der Waals surface area contributed by atoms with E-state index >= 15 is 0 Å². The van der Waals surface area contributed by atoms with Crippen molar-refractivity contribution in [3.05, 3.63) is 34.0 Å². The molecule has 0 fully saturated rings. The molecule has 1 N–H and O–H groups in total. The van der Waals surface area contributed by atoms with Gasteiger partial charge < -0.3 is 9.73 Å². The summed E-state index contributed by atoms with van der Waals surface area (Å²) in [5, 5.41) is 5.45. The van der Waals surface area contributed by atoms with Crippen LogP contribution >= 0.6 is 11.6 Å². The molecule has 1 heterocycles. The molecule has 0 amide bonds. The van der Waals surface area contributed by atoms with E-state index in [9.17, 15) is 0 Å². The zero-order valence-electron chi connectivity index (χ0n) is 11.4. The summed E-state index contributed by atoms with van der Waals surface area (Å²) >= 11 is 6.31. The van der Waals surface area contributed by atoms with E-state index in [4.69, 9.17) is 16.0 Å². The van der Waals surface area contributed by atoms with Gasteiger partial charge in [0.05, 0.1) is 6.26 Å². The van der Waals surface area contributed by atoms with Gasteiger partial charge in [0.2, 0.25) is 0 Å². The molecule has 0 bridgehead atoms. The molecular weight excluding hydrogens is 246 g/mol. The molecule has 0 aliphatic rings. The van der Waals surface area contributed by atoms with E-state index in [0.29, 0.717) is 6.04 Å². The molecule has 2 rings (SSSR count). The highest BCUT2D eigenvalue weighted by Gasteiger charge is 2.13. The van der Waals surface area contributed by atoms with Gasteiger partial charge in [0, 0.05) is 16.5 Å². The maximum Gasteiger partial charge on any atom is 0.134 e. The highest BCUT2D eigenvalue weighted by molar-refractivity contribution is 6.33. The molecule has 1 aromatic carbocycles. The number of furan rings is 1. The number of hydrogen-bond acceptors (Lipinski definition) is 2. The molecule has 0 aliphatic heterocycles. The molecule has 0 spiro atoms. The van der Waals surface area contributed by atoms with Gasteiger partial charge in [-0.3, -0.25) is 0 Å². The number of fused-ring (bicyclic) bond motifs is 1. The van der Waals surface area contributed by atoms with Gasteiger partial charge >= 0.3 is 0 Å². The summed E-state index contributed by atoms with van der Waals surface area (Å²) < 4.78 is 5.64. The van der Waals surface area contributed by atoms with Gasteiger partial charge in [0.15, 0.2) is 0 Å². The highest BCUT2D eigenvalue weighted by Crippen LogP contribution is 2.32. The highest BCUT2D eigenvalue weighted by atomic mass is 35.5. The average Bonchev–Trinajstić information content (AvgIpc) is 2.69. The summed E-state index contributed by atoms with van der Waals surface area (Å²) in [7, 11) is 0. The Bertz CT molecular complexity index is 557. The Hall–Kier alpha value is -0.990. The maximum absolute atomic E-state index is 6.31. The van der Waals surface area contributed by atoms with E-state index in [0.717, 1.165) is 34.7 Å². The molecule has 0 unspecified atom stereocenters. The Morgan fingerprint density at radius 3 is 2.72 bits per heavy atom. The lowest BCUT2D eigenvalue weighted by Gasteiger charge is -2.08. The van der Waals surface area contributed by atoms with Gasteiger partial charge in [-0.05, 0) is 49.6 Å². The summed E-state index contributed by atoms with van der Waals surface area (Å²) in [6, 6.07) is 2.53. The minimum Gasteiger partial charge on any atom is -0.464 e. The smallest absolute Gasteiger partial charge is 0.134 e. The first-order chi connectivity index (χ1) is 8.50. The summed E-state index contributed by atoms with van der Waals surface area (Å²) in [6.45, 7) is 9.33. The molecule has 3 heteroatoms. The normalized spacial score (nSPS) is 11.7. The van der Waals surface area contributed by atoms with Crippen LogP contribution in [0.15, 0.2) is 16.7 Å². The molecule has 98 valence electrons. The fourth-order valence-electron chi connectivity index (χ4n) is 2.29. The first-order valence-electron chi connectivity index (χ1n) is 6.40. The Kier molecular flexibility index (Phi) is 3.98. The minimum absolute atomic E-state index is 0.509. The summed E-state index contributed by atoms with van der Waals surface area (Å²) in [5.74, 6) is 0. The first-order valence-corrected chi connectivity index (χ1v) is 6.77. The van der Waals surface area contributed by atoms with E-state index in [2.05, 4.69) is 26.1 Å². The fraction of sp³-hybridized carbons (Fsp3) is 0.467. The van der Waals surface area contributed by atoms with Crippen LogP contribution in [0.5, 0.6) is 0 Å². The molecule has 1 aromatic heterocycles. The van der Waals surface area contributed by atoms with Crippen LogP contribution < -0.4 is 5.32 Å². The molecule has 0 aliphatic carbocycles. The molecular formula is C15H20ClNO. The lowest BCUT2D eigenvalue weighted by Crippen LogP contribution is -2.24. The van der Waals surface area contributed by atoms with Gasteiger partial charge in [-0.1, -0.05) is 25.4 Å². The number of benzene rings is 1. The summed E-state index contributed by atoms with van der Waals surface area (Å²) in [6.07, 6.45) is 2.82. The topological polar surface area (TPSA) is 25.2 Å². The van der Waals surface area contributed by atoms with E-state index in [1.54, 1.807) is 0 Å². The van der Waals surface area contributed by atoms with Crippen LogP contribution in [0, 0.1) is 13.8 Å². The number of hydrogen-bond donors (Lipinski definition) is 1. The van der Waals surface area contributed by atoms with Crippen molar-refractivity contribution >= 4 is 22.6 Å². The minimum atomic E-state index is 0.509. The average molecular weight is 266 g/mol. The zero-order valence-corrected chi connectivity index (χ0v) is 12.2. The van der Waals surface area contributed by atoms with Gasteiger partial charge in [-0.15, -0.1) is 0 Å². The van der Waals surface area contributed by atoms with Crippen molar-refractivity contribution < 1.29 is 4.42 Å². The third kappa shape index (κ3) is 2.55. The van der Waals surface area contributed by atoms with Crippen molar-refractivity contribution in [3.8, 4) is 0 Å². The lowest BCUT2D eigenvalue weighted by molar-refractivity contribution is 0.580. The second-order valence-electron chi connectivity index (χ2n) is 5.13. The Labute approximate surface area is 113 Å². The zero-order chi connectivity index (χ0) is 13.3. The van der Waals surface area contributed by atoms with Gasteiger partial charge in [0.25, 0.3) is 0 Å². The van der Waals surface area contributed by atoms with Crippen LogP contribution in [-0.2, 0) is 6.42 Å². The van der Waals surface area contributed by atoms with E-state index in [1.165, 1.54) is 10.9 Å². The SMILES string of the molecule is Cc1cc2occ(CCNC(C)C)c2c(C)c1Cl. The third-order valence-electron chi connectivity index (χ3n) is 3.24. The maximum atomic E-state index is 6.31. The van der Waals surface area contributed by atoms with Crippen LogP contribution in [0.1, 0.15) is 30.5 Å².